The summed E-state index contributed by atoms with van der Waals surface area (Å²) < 4.78 is 18.1. The lowest BCUT2D eigenvalue weighted by Gasteiger charge is -2.17. The summed E-state index contributed by atoms with van der Waals surface area (Å²) in [4.78, 5) is 25.8. The van der Waals surface area contributed by atoms with Crippen LogP contribution in [0.2, 0.25) is 5.02 Å². The fourth-order valence-electron chi connectivity index (χ4n) is 2.53. The highest BCUT2D eigenvalue weighted by atomic mass is 35.5. The molecule has 0 aromatic heterocycles. The molecule has 3 rings (SSSR count). The molecule has 0 radical (unpaired) electrons. The van der Waals surface area contributed by atoms with Crippen LogP contribution in [0.1, 0.15) is 15.9 Å². The van der Waals surface area contributed by atoms with Crippen LogP contribution in [0.15, 0.2) is 42.5 Å². The molecule has 0 spiro atoms. The number of carbonyl (C=O) groups is 2. The third-order valence-corrected chi connectivity index (χ3v) is 3.99. The second-order valence-corrected chi connectivity index (χ2v) is 5.53. The summed E-state index contributed by atoms with van der Waals surface area (Å²) in [6, 6.07) is 11.0. The van der Waals surface area contributed by atoms with Crippen LogP contribution in [0.3, 0.4) is 0 Å². The normalized spacial score (nSPS) is 12.9. The van der Waals surface area contributed by atoms with Crippen molar-refractivity contribution in [3.63, 3.8) is 0 Å². The molecule has 23 heavy (non-hydrogen) atoms. The largest absolute Gasteiger partial charge is 0.452 e. The van der Waals surface area contributed by atoms with Gasteiger partial charge in [0.05, 0.1) is 10.6 Å². The first-order valence-corrected chi connectivity index (χ1v) is 7.44. The number of nitrogens with zero attached hydrogens (tertiary/aromatic N) is 1. The SMILES string of the molecule is O=C(OCC(=O)N1CCc2ccccc21)c1cc(F)ccc1Cl. The van der Waals surface area contributed by atoms with Crippen molar-refractivity contribution in [2.75, 3.05) is 18.1 Å². The second kappa shape index (κ2) is 6.38. The number of carbonyl (C=O) groups excluding carboxylic acids is 2. The Balaban J connectivity index is 1.66. The average Bonchev–Trinajstić information content (AvgIpc) is 2.98. The van der Waals surface area contributed by atoms with E-state index in [4.69, 9.17) is 16.3 Å². The van der Waals surface area contributed by atoms with Gasteiger partial charge in [-0.25, -0.2) is 9.18 Å². The fourth-order valence-corrected chi connectivity index (χ4v) is 2.73. The molecule has 2 aromatic rings. The summed E-state index contributed by atoms with van der Waals surface area (Å²) in [6.07, 6.45) is 0.769. The Labute approximate surface area is 137 Å². The van der Waals surface area contributed by atoms with E-state index in [9.17, 15) is 14.0 Å². The standard InChI is InChI=1S/C17H13ClFNO3/c18-14-6-5-12(19)9-13(14)17(22)23-10-16(21)20-8-7-11-3-1-2-4-15(11)20/h1-6,9H,7-8,10H2. The summed E-state index contributed by atoms with van der Waals surface area (Å²) in [5.74, 6) is -1.74. The lowest BCUT2D eigenvalue weighted by Crippen LogP contribution is -2.33. The molecule has 0 aliphatic carbocycles. The first-order chi connectivity index (χ1) is 11.1. The van der Waals surface area contributed by atoms with Gasteiger partial charge in [-0.2, -0.15) is 0 Å². The van der Waals surface area contributed by atoms with Gasteiger partial charge in [0.25, 0.3) is 5.91 Å². The van der Waals surface area contributed by atoms with Gasteiger partial charge in [0.1, 0.15) is 5.82 Å². The molecule has 0 atom stereocenters. The maximum absolute atomic E-state index is 13.2. The molecule has 0 fully saturated rings. The summed E-state index contributed by atoms with van der Waals surface area (Å²) in [7, 11) is 0. The average molecular weight is 334 g/mol. The Morgan fingerprint density at radius 1 is 1.22 bits per heavy atom. The van der Waals surface area contributed by atoms with Gasteiger partial charge < -0.3 is 9.64 Å². The van der Waals surface area contributed by atoms with Gasteiger partial charge in [-0.05, 0) is 36.2 Å². The van der Waals surface area contributed by atoms with E-state index < -0.39 is 18.4 Å². The number of esters is 1. The van der Waals surface area contributed by atoms with Gasteiger partial charge in [-0.1, -0.05) is 29.8 Å². The number of hydrogen-bond donors (Lipinski definition) is 0. The summed E-state index contributed by atoms with van der Waals surface area (Å²) in [6.45, 7) is 0.135. The number of para-hydroxylation sites is 1. The van der Waals surface area contributed by atoms with E-state index >= 15 is 0 Å². The zero-order valence-corrected chi connectivity index (χ0v) is 12.8. The lowest BCUT2D eigenvalue weighted by atomic mass is 10.2. The zero-order chi connectivity index (χ0) is 16.4. The van der Waals surface area contributed by atoms with E-state index in [-0.39, 0.29) is 16.5 Å². The first-order valence-electron chi connectivity index (χ1n) is 7.06. The molecule has 0 unspecified atom stereocenters. The van der Waals surface area contributed by atoms with E-state index in [0.717, 1.165) is 29.8 Å². The van der Waals surface area contributed by atoms with Crippen molar-refractivity contribution in [1.29, 1.82) is 0 Å². The van der Waals surface area contributed by atoms with E-state index in [1.54, 1.807) is 4.90 Å². The maximum atomic E-state index is 13.2. The molecule has 2 aromatic carbocycles. The van der Waals surface area contributed by atoms with Crippen LogP contribution in [0.25, 0.3) is 0 Å². The molecule has 1 heterocycles. The van der Waals surface area contributed by atoms with E-state index in [2.05, 4.69) is 0 Å². The summed E-state index contributed by atoms with van der Waals surface area (Å²) in [5, 5.41) is 0.0790. The van der Waals surface area contributed by atoms with Crippen LogP contribution in [0.5, 0.6) is 0 Å². The van der Waals surface area contributed by atoms with Gasteiger partial charge in [-0.15, -0.1) is 0 Å². The van der Waals surface area contributed by atoms with Crippen LogP contribution >= 0.6 is 11.6 Å². The number of ether oxygens (including phenoxy) is 1. The minimum atomic E-state index is -0.824. The first kappa shape index (κ1) is 15.5. The third-order valence-electron chi connectivity index (χ3n) is 3.66. The Hall–Kier alpha value is -2.40. The Bertz CT molecular complexity index is 778. The van der Waals surface area contributed by atoms with Crippen molar-refractivity contribution < 1.29 is 18.7 Å². The molecule has 1 aliphatic rings. The molecular weight excluding hydrogens is 321 g/mol. The molecule has 1 aliphatic heterocycles. The smallest absolute Gasteiger partial charge is 0.340 e. The van der Waals surface area contributed by atoms with Crippen molar-refractivity contribution in [2.24, 2.45) is 0 Å². The highest BCUT2D eigenvalue weighted by molar-refractivity contribution is 6.33. The maximum Gasteiger partial charge on any atom is 0.340 e. The molecule has 1 amide bonds. The predicted molar refractivity (Wildman–Crippen MR) is 84.2 cm³/mol. The van der Waals surface area contributed by atoms with Crippen molar-refractivity contribution >= 4 is 29.2 Å². The number of hydrogen-bond acceptors (Lipinski definition) is 3. The molecule has 0 saturated carbocycles. The van der Waals surface area contributed by atoms with Gasteiger partial charge in [-0.3, -0.25) is 4.79 Å². The molecule has 118 valence electrons. The number of rotatable bonds is 3. The highest BCUT2D eigenvalue weighted by Gasteiger charge is 2.25. The minimum absolute atomic E-state index is 0.0790. The zero-order valence-electron chi connectivity index (χ0n) is 12.1. The van der Waals surface area contributed by atoms with Crippen LogP contribution in [0, 0.1) is 5.82 Å². The van der Waals surface area contributed by atoms with Crippen LogP contribution in [-0.2, 0) is 16.0 Å². The van der Waals surface area contributed by atoms with Crippen molar-refractivity contribution in [3.8, 4) is 0 Å². The lowest BCUT2D eigenvalue weighted by molar-refractivity contribution is -0.121. The van der Waals surface area contributed by atoms with Crippen LogP contribution < -0.4 is 4.90 Å². The van der Waals surface area contributed by atoms with E-state index in [0.29, 0.717) is 6.54 Å². The third kappa shape index (κ3) is 3.19. The summed E-state index contributed by atoms with van der Waals surface area (Å²) in [5.41, 5.74) is 1.82. The molecule has 0 saturated heterocycles. The van der Waals surface area contributed by atoms with Gasteiger partial charge in [0.2, 0.25) is 0 Å². The van der Waals surface area contributed by atoms with E-state index in [1.165, 1.54) is 6.07 Å². The van der Waals surface area contributed by atoms with Crippen molar-refractivity contribution in [3.05, 3.63) is 64.4 Å². The number of anilines is 1. The highest BCUT2D eigenvalue weighted by Crippen LogP contribution is 2.27. The van der Waals surface area contributed by atoms with E-state index in [1.807, 2.05) is 24.3 Å². The Kier molecular flexibility index (Phi) is 4.30. The second-order valence-electron chi connectivity index (χ2n) is 5.12. The number of halogens is 2. The van der Waals surface area contributed by atoms with Gasteiger partial charge in [0, 0.05) is 12.2 Å². The fraction of sp³-hybridized carbons (Fsp3) is 0.176. The molecule has 0 N–H and O–H groups in total. The van der Waals surface area contributed by atoms with Gasteiger partial charge in [0.15, 0.2) is 6.61 Å². The minimum Gasteiger partial charge on any atom is -0.452 e. The number of fused-ring (bicyclic) bond motifs is 1. The summed E-state index contributed by atoms with van der Waals surface area (Å²) >= 11 is 5.84. The molecular formula is C17H13ClFNO3. The van der Waals surface area contributed by atoms with Crippen molar-refractivity contribution in [2.45, 2.75) is 6.42 Å². The quantitative estimate of drug-likeness (QED) is 0.810. The van der Waals surface area contributed by atoms with Gasteiger partial charge >= 0.3 is 5.97 Å². The molecule has 6 heteroatoms. The predicted octanol–water partition coefficient (Wildman–Crippen LogP) is 3.23. The number of benzene rings is 2. The topological polar surface area (TPSA) is 46.6 Å². The van der Waals surface area contributed by atoms with Crippen LogP contribution in [0.4, 0.5) is 10.1 Å². The molecule has 4 nitrogen and oxygen atoms in total. The monoisotopic (exact) mass is 333 g/mol. The number of amides is 1. The van der Waals surface area contributed by atoms with Crippen LogP contribution in [-0.4, -0.2) is 25.0 Å². The molecule has 0 bridgehead atoms. The Morgan fingerprint density at radius 2 is 2.00 bits per heavy atom. The Morgan fingerprint density at radius 3 is 2.83 bits per heavy atom. The van der Waals surface area contributed by atoms with Crippen molar-refractivity contribution in [1.82, 2.24) is 0 Å².